The maximum absolute atomic E-state index is 13.1. The summed E-state index contributed by atoms with van der Waals surface area (Å²) in [7, 11) is 4.49. The zero-order chi connectivity index (χ0) is 21.0. The van der Waals surface area contributed by atoms with Gasteiger partial charge in [-0.25, -0.2) is 0 Å². The van der Waals surface area contributed by atoms with Gasteiger partial charge in [0.1, 0.15) is 0 Å². The zero-order valence-electron chi connectivity index (χ0n) is 16.7. The van der Waals surface area contributed by atoms with Crippen LogP contribution in [-0.4, -0.2) is 44.7 Å². The van der Waals surface area contributed by atoms with Crippen LogP contribution in [0.2, 0.25) is 5.02 Å². The molecule has 7 heteroatoms. The molecule has 2 aromatic rings. The third-order valence-corrected chi connectivity index (χ3v) is 5.43. The van der Waals surface area contributed by atoms with E-state index in [1.807, 2.05) is 24.3 Å². The maximum Gasteiger partial charge on any atom is 0.307 e. The summed E-state index contributed by atoms with van der Waals surface area (Å²) in [6.07, 6.45) is 0.975. The van der Waals surface area contributed by atoms with Crippen LogP contribution in [0, 0.1) is 0 Å². The van der Waals surface area contributed by atoms with Crippen LogP contribution in [0.3, 0.4) is 0 Å². The number of rotatable bonds is 6. The van der Waals surface area contributed by atoms with Crippen LogP contribution in [0.1, 0.15) is 29.2 Å². The van der Waals surface area contributed by atoms with E-state index < -0.39 is 6.04 Å². The van der Waals surface area contributed by atoms with Gasteiger partial charge < -0.3 is 19.1 Å². The van der Waals surface area contributed by atoms with Gasteiger partial charge in [-0.05, 0) is 47.4 Å². The van der Waals surface area contributed by atoms with Crippen LogP contribution in [-0.2, 0) is 27.2 Å². The van der Waals surface area contributed by atoms with Crippen LogP contribution in [0.25, 0.3) is 0 Å². The Labute approximate surface area is 175 Å². The van der Waals surface area contributed by atoms with Crippen molar-refractivity contribution in [1.82, 2.24) is 4.90 Å². The van der Waals surface area contributed by atoms with E-state index >= 15 is 0 Å². The summed E-state index contributed by atoms with van der Waals surface area (Å²) in [4.78, 5) is 27.0. The van der Waals surface area contributed by atoms with Gasteiger partial charge in [0, 0.05) is 11.6 Å². The molecule has 0 saturated carbocycles. The summed E-state index contributed by atoms with van der Waals surface area (Å²) < 4.78 is 15.7. The molecule has 0 spiro atoms. The van der Waals surface area contributed by atoms with Crippen molar-refractivity contribution < 1.29 is 23.8 Å². The molecule has 6 nitrogen and oxygen atoms in total. The lowest BCUT2D eigenvalue weighted by atomic mass is 9.89. The van der Waals surface area contributed by atoms with Crippen molar-refractivity contribution in [2.75, 3.05) is 27.9 Å². The van der Waals surface area contributed by atoms with Crippen molar-refractivity contribution >= 4 is 23.5 Å². The average Bonchev–Trinajstić information content (AvgIpc) is 2.74. The topological polar surface area (TPSA) is 65.1 Å². The first kappa shape index (κ1) is 21.0. The fourth-order valence-electron chi connectivity index (χ4n) is 3.67. The van der Waals surface area contributed by atoms with Crippen LogP contribution in [0.15, 0.2) is 36.4 Å². The number of amides is 1. The molecule has 1 heterocycles. The Kier molecular flexibility index (Phi) is 6.64. The highest BCUT2D eigenvalue weighted by molar-refractivity contribution is 6.30. The summed E-state index contributed by atoms with van der Waals surface area (Å²) in [5.74, 6) is 0.765. The number of ether oxygens (including phenoxy) is 3. The zero-order valence-corrected chi connectivity index (χ0v) is 17.5. The smallest absolute Gasteiger partial charge is 0.307 e. The Morgan fingerprint density at radius 3 is 2.34 bits per heavy atom. The van der Waals surface area contributed by atoms with E-state index in [1.54, 1.807) is 31.3 Å². The van der Waals surface area contributed by atoms with E-state index in [1.165, 1.54) is 7.11 Å². The number of benzene rings is 2. The number of esters is 1. The Hall–Kier alpha value is -2.73. The monoisotopic (exact) mass is 417 g/mol. The second-order valence-corrected chi connectivity index (χ2v) is 7.28. The predicted molar refractivity (Wildman–Crippen MR) is 109 cm³/mol. The van der Waals surface area contributed by atoms with E-state index in [2.05, 4.69) is 0 Å². The maximum atomic E-state index is 13.1. The number of hydrogen-bond acceptors (Lipinski definition) is 5. The molecule has 2 aromatic carbocycles. The molecule has 0 fully saturated rings. The Morgan fingerprint density at radius 1 is 1.07 bits per heavy atom. The summed E-state index contributed by atoms with van der Waals surface area (Å²) in [5.41, 5.74) is 2.78. The van der Waals surface area contributed by atoms with Crippen molar-refractivity contribution in [2.24, 2.45) is 0 Å². The summed E-state index contributed by atoms with van der Waals surface area (Å²) >= 11 is 5.93. The largest absolute Gasteiger partial charge is 0.493 e. The molecule has 0 bridgehead atoms. The van der Waals surface area contributed by atoms with E-state index in [0.717, 1.165) is 16.7 Å². The first-order chi connectivity index (χ1) is 14.0. The number of nitrogens with zero attached hydrogens (tertiary/aromatic N) is 1. The fourth-order valence-corrected chi connectivity index (χ4v) is 3.79. The number of carbonyl (C=O) groups excluding carboxylic acids is 2. The molecule has 1 aliphatic rings. The minimum Gasteiger partial charge on any atom is -0.493 e. The highest BCUT2D eigenvalue weighted by Crippen LogP contribution is 2.39. The molecular weight excluding hydrogens is 394 g/mol. The summed E-state index contributed by atoms with van der Waals surface area (Å²) in [6, 6.07) is 10.5. The molecular formula is C22H24ClNO5. The fraction of sp³-hybridized carbons (Fsp3) is 0.364. The molecule has 0 saturated heterocycles. The molecule has 0 radical (unpaired) electrons. The third-order valence-electron chi connectivity index (χ3n) is 5.18. The Morgan fingerprint density at radius 2 is 1.72 bits per heavy atom. The van der Waals surface area contributed by atoms with Crippen molar-refractivity contribution in [3.63, 3.8) is 0 Å². The van der Waals surface area contributed by atoms with E-state index in [0.29, 0.717) is 29.5 Å². The predicted octanol–water partition coefficient (Wildman–Crippen LogP) is 3.59. The van der Waals surface area contributed by atoms with Gasteiger partial charge >= 0.3 is 5.97 Å². The van der Waals surface area contributed by atoms with Crippen LogP contribution >= 0.6 is 11.6 Å². The molecule has 0 aromatic heterocycles. The lowest BCUT2D eigenvalue weighted by Gasteiger charge is -2.37. The molecule has 154 valence electrons. The third kappa shape index (κ3) is 4.65. The Bertz CT molecular complexity index is 897. The SMILES string of the molecule is COC(=O)CC1c2cc(OC)c(OC)cc2CCN1C(=O)Cc1ccc(Cl)cc1. The van der Waals surface area contributed by atoms with E-state index in [4.69, 9.17) is 25.8 Å². The lowest BCUT2D eigenvalue weighted by molar-refractivity contribution is -0.144. The van der Waals surface area contributed by atoms with Crippen molar-refractivity contribution in [2.45, 2.75) is 25.3 Å². The van der Waals surface area contributed by atoms with Gasteiger partial charge in [-0.15, -0.1) is 0 Å². The lowest BCUT2D eigenvalue weighted by Crippen LogP contribution is -2.42. The number of methoxy groups -OCH3 is 3. The van der Waals surface area contributed by atoms with Crippen LogP contribution < -0.4 is 9.47 Å². The highest BCUT2D eigenvalue weighted by Gasteiger charge is 2.33. The molecule has 1 aliphatic heterocycles. The quantitative estimate of drug-likeness (QED) is 0.672. The van der Waals surface area contributed by atoms with Crippen LogP contribution in [0.4, 0.5) is 0 Å². The van der Waals surface area contributed by atoms with Crippen molar-refractivity contribution in [3.8, 4) is 11.5 Å². The van der Waals surface area contributed by atoms with Gasteiger partial charge in [0.15, 0.2) is 11.5 Å². The second-order valence-electron chi connectivity index (χ2n) is 6.84. The average molecular weight is 418 g/mol. The van der Waals surface area contributed by atoms with Gasteiger partial charge in [0.2, 0.25) is 5.91 Å². The molecule has 29 heavy (non-hydrogen) atoms. The summed E-state index contributed by atoms with van der Waals surface area (Å²) in [5, 5.41) is 0.623. The van der Waals surface area contributed by atoms with Gasteiger partial charge in [0.05, 0.1) is 40.2 Å². The molecule has 0 N–H and O–H groups in total. The molecule has 1 atom stereocenters. The minimum atomic E-state index is -0.425. The highest BCUT2D eigenvalue weighted by atomic mass is 35.5. The standard InChI is InChI=1S/C22H24ClNO5/c1-27-19-11-15-8-9-24(21(25)10-14-4-6-16(23)7-5-14)18(13-22(26)29-3)17(15)12-20(19)28-2/h4-7,11-12,18H,8-10,13H2,1-3H3. The van der Waals surface area contributed by atoms with E-state index in [-0.39, 0.29) is 24.7 Å². The number of fused-ring (bicyclic) bond motifs is 1. The second kappa shape index (κ2) is 9.18. The summed E-state index contributed by atoms with van der Waals surface area (Å²) in [6.45, 7) is 0.510. The number of carbonyl (C=O) groups is 2. The van der Waals surface area contributed by atoms with Crippen molar-refractivity contribution in [3.05, 3.63) is 58.1 Å². The van der Waals surface area contributed by atoms with E-state index in [9.17, 15) is 9.59 Å². The number of halogens is 1. The molecule has 1 unspecified atom stereocenters. The Balaban J connectivity index is 1.93. The first-order valence-electron chi connectivity index (χ1n) is 9.32. The molecule has 3 rings (SSSR count). The van der Waals surface area contributed by atoms with Gasteiger partial charge in [-0.2, -0.15) is 0 Å². The van der Waals surface area contributed by atoms with Gasteiger partial charge in [-0.3, -0.25) is 9.59 Å². The first-order valence-corrected chi connectivity index (χ1v) is 9.70. The normalized spacial score (nSPS) is 15.4. The minimum absolute atomic E-state index is 0.0540. The molecule has 1 amide bonds. The van der Waals surface area contributed by atoms with Crippen molar-refractivity contribution in [1.29, 1.82) is 0 Å². The van der Waals surface area contributed by atoms with Gasteiger partial charge in [-0.1, -0.05) is 23.7 Å². The number of hydrogen-bond donors (Lipinski definition) is 0. The van der Waals surface area contributed by atoms with Crippen LogP contribution in [0.5, 0.6) is 11.5 Å². The molecule has 0 aliphatic carbocycles. The van der Waals surface area contributed by atoms with Gasteiger partial charge in [0.25, 0.3) is 0 Å².